The Labute approximate surface area is 131 Å². The quantitative estimate of drug-likeness (QED) is 0.451. The Balaban J connectivity index is 2.31. The molecule has 0 aliphatic carbocycles. The molecule has 0 spiro atoms. The van der Waals surface area contributed by atoms with Crippen molar-refractivity contribution in [2.75, 3.05) is 6.54 Å². The van der Waals surface area contributed by atoms with Gasteiger partial charge in [-0.05, 0) is 48.1 Å². The highest BCUT2D eigenvalue weighted by atomic mass is 79.9. The van der Waals surface area contributed by atoms with E-state index in [1.54, 1.807) is 12.3 Å². The number of aromatic hydroxyl groups is 1. The van der Waals surface area contributed by atoms with Crippen LogP contribution in [-0.2, 0) is 0 Å². The van der Waals surface area contributed by atoms with Gasteiger partial charge in [-0.3, -0.25) is 5.43 Å². The number of rotatable bonds is 3. The average molecular weight is 352 g/mol. The number of nitrogens with one attached hydrogen (secondary N) is 2. The van der Waals surface area contributed by atoms with E-state index in [1.165, 1.54) is 0 Å². The van der Waals surface area contributed by atoms with E-state index in [0.29, 0.717) is 10.7 Å². The van der Waals surface area contributed by atoms with E-state index in [1.807, 2.05) is 31.2 Å². The van der Waals surface area contributed by atoms with Crippen molar-refractivity contribution in [2.24, 2.45) is 5.10 Å². The van der Waals surface area contributed by atoms with Crippen LogP contribution in [-0.4, -0.2) is 23.0 Å². The van der Waals surface area contributed by atoms with Gasteiger partial charge < -0.3 is 10.4 Å². The summed E-state index contributed by atoms with van der Waals surface area (Å²) < 4.78 is 0.991. The first-order chi connectivity index (χ1) is 9.61. The summed E-state index contributed by atoms with van der Waals surface area (Å²) in [6, 6.07) is 9.37. The zero-order valence-electron chi connectivity index (χ0n) is 10.9. The third-order valence-electron chi connectivity index (χ3n) is 2.70. The molecule has 0 unspecified atom stereocenters. The summed E-state index contributed by atoms with van der Waals surface area (Å²) in [5, 5.41) is 19.3. The second-order valence-electron chi connectivity index (χ2n) is 4.09. The lowest BCUT2D eigenvalue weighted by molar-refractivity contribution is 0.475. The van der Waals surface area contributed by atoms with Gasteiger partial charge in [0.2, 0.25) is 0 Å². The predicted octanol–water partition coefficient (Wildman–Crippen LogP) is 3.13. The summed E-state index contributed by atoms with van der Waals surface area (Å²) in [6.07, 6.45) is 1.56. The summed E-state index contributed by atoms with van der Waals surface area (Å²) in [5.74, 6) is 0.180. The smallest absolute Gasteiger partial charge is 0.186 e. The number of nitrogens with zero attached hydrogens (tertiary/aromatic N) is 1. The van der Waals surface area contributed by atoms with Crippen molar-refractivity contribution in [2.45, 2.75) is 6.92 Å². The Bertz CT molecular complexity index is 673. The monoisotopic (exact) mass is 351 g/mol. The summed E-state index contributed by atoms with van der Waals surface area (Å²) in [4.78, 5) is 0. The molecule has 0 bridgehead atoms. The molecule has 4 nitrogen and oxygen atoms in total. The lowest BCUT2D eigenvalue weighted by atomic mass is 10.0. The van der Waals surface area contributed by atoms with Crippen LogP contribution in [0.5, 0.6) is 5.75 Å². The minimum atomic E-state index is 0.180. The summed E-state index contributed by atoms with van der Waals surface area (Å²) in [6.45, 7) is 2.68. The molecule has 6 heteroatoms. The number of benzene rings is 2. The van der Waals surface area contributed by atoms with E-state index in [2.05, 4.69) is 31.8 Å². The van der Waals surface area contributed by atoms with Crippen LogP contribution in [0.25, 0.3) is 10.8 Å². The highest BCUT2D eigenvalue weighted by molar-refractivity contribution is 9.10. The van der Waals surface area contributed by atoms with Gasteiger partial charge in [0.15, 0.2) is 5.11 Å². The molecule has 0 aliphatic heterocycles. The number of phenols is 1. The Morgan fingerprint density at radius 1 is 1.40 bits per heavy atom. The Morgan fingerprint density at radius 3 is 2.95 bits per heavy atom. The molecule has 2 aromatic rings. The SMILES string of the molecule is CCNC(=S)N/N=C/c1c(O)ccc2cc(Br)ccc12. The number of hydrogen-bond donors (Lipinski definition) is 3. The van der Waals surface area contributed by atoms with Gasteiger partial charge in [-0.15, -0.1) is 0 Å². The molecular weight excluding hydrogens is 338 g/mol. The van der Waals surface area contributed by atoms with Crippen molar-refractivity contribution in [1.82, 2.24) is 10.7 Å². The standard InChI is InChI=1S/C14H14BrN3OS/c1-2-16-14(20)18-17-8-12-11-5-4-10(15)7-9(11)3-6-13(12)19/h3-8,19H,2H2,1H3,(H2,16,18,20)/b17-8+. The van der Waals surface area contributed by atoms with Crippen molar-refractivity contribution < 1.29 is 5.11 Å². The van der Waals surface area contributed by atoms with E-state index in [9.17, 15) is 5.11 Å². The first-order valence-corrected chi connectivity index (χ1v) is 7.30. The Morgan fingerprint density at radius 2 is 2.20 bits per heavy atom. The van der Waals surface area contributed by atoms with Crippen LogP contribution < -0.4 is 10.7 Å². The molecule has 0 aromatic heterocycles. The van der Waals surface area contributed by atoms with Crippen molar-refractivity contribution in [3.05, 3.63) is 40.4 Å². The third kappa shape index (κ3) is 3.46. The number of phenolic OH excluding ortho intramolecular Hbond substituents is 1. The van der Waals surface area contributed by atoms with Crippen LogP contribution in [0.1, 0.15) is 12.5 Å². The average Bonchev–Trinajstić information content (AvgIpc) is 2.41. The van der Waals surface area contributed by atoms with Crippen molar-refractivity contribution in [3.8, 4) is 5.75 Å². The van der Waals surface area contributed by atoms with Crippen molar-refractivity contribution in [1.29, 1.82) is 0 Å². The maximum atomic E-state index is 9.97. The van der Waals surface area contributed by atoms with E-state index >= 15 is 0 Å². The molecule has 0 atom stereocenters. The molecule has 104 valence electrons. The van der Waals surface area contributed by atoms with Gasteiger partial charge >= 0.3 is 0 Å². The summed E-state index contributed by atoms with van der Waals surface area (Å²) >= 11 is 8.44. The summed E-state index contributed by atoms with van der Waals surface area (Å²) in [5.41, 5.74) is 3.36. The molecule has 2 rings (SSSR count). The second-order valence-corrected chi connectivity index (χ2v) is 5.42. The minimum Gasteiger partial charge on any atom is -0.507 e. The van der Waals surface area contributed by atoms with E-state index in [0.717, 1.165) is 21.8 Å². The number of halogens is 1. The van der Waals surface area contributed by atoms with Gasteiger partial charge in [-0.25, -0.2) is 0 Å². The van der Waals surface area contributed by atoms with Crippen LogP contribution in [0, 0.1) is 0 Å². The van der Waals surface area contributed by atoms with Gasteiger partial charge in [0.25, 0.3) is 0 Å². The lowest BCUT2D eigenvalue weighted by Gasteiger charge is -2.06. The van der Waals surface area contributed by atoms with Gasteiger partial charge in [-0.1, -0.05) is 28.1 Å². The third-order valence-corrected chi connectivity index (χ3v) is 3.43. The van der Waals surface area contributed by atoms with E-state index in [4.69, 9.17) is 12.2 Å². The fourth-order valence-corrected chi connectivity index (χ4v) is 2.38. The first-order valence-electron chi connectivity index (χ1n) is 6.10. The van der Waals surface area contributed by atoms with E-state index in [-0.39, 0.29) is 5.75 Å². The van der Waals surface area contributed by atoms with E-state index < -0.39 is 0 Å². The predicted molar refractivity (Wildman–Crippen MR) is 90.3 cm³/mol. The van der Waals surface area contributed by atoms with Crippen LogP contribution in [0.2, 0.25) is 0 Å². The van der Waals surface area contributed by atoms with Crippen LogP contribution in [0.15, 0.2) is 39.9 Å². The first kappa shape index (κ1) is 14.7. The van der Waals surface area contributed by atoms with Gasteiger partial charge in [0.05, 0.1) is 6.21 Å². The van der Waals surface area contributed by atoms with Crippen LogP contribution in [0.3, 0.4) is 0 Å². The fraction of sp³-hybridized carbons (Fsp3) is 0.143. The molecule has 0 fully saturated rings. The normalized spacial score (nSPS) is 10.9. The molecule has 0 amide bonds. The maximum Gasteiger partial charge on any atom is 0.186 e. The number of hydrazone groups is 1. The Kier molecular flexibility index (Phi) is 4.92. The van der Waals surface area contributed by atoms with Gasteiger partial charge in [0.1, 0.15) is 5.75 Å². The molecule has 0 saturated carbocycles. The zero-order valence-corrected chi connectivity index (χ0v) is 13.3. The largest absolute Gasteiger partial charge is 0.507 e. The molecule has 0 saturated heterocycles. The Hall–Kier alpha value is -1.66. The second kappa shape index (κ2) is 6.67. The fourth-order valence-electron chi connectivity index (χ4n) is 1.80. The highest BCUT2D eigenvalue weighted by Crippen LogP contribution is 2.27. The lowest BCUT2D eigenvalue weighted by Crippen LogP contribution is -2.31. The molecule has 20 heavy (non-hydrogen) atoms. The number of fused-ring (bicyclic) bond motifs is 1. The highest BCUT2D eigenvalue weighted by Gasteiger charge is 2.05. The molecule has 0 radical (unpaired) electrons. The maximum absolute atomic E-state index is 9.97. The molecule has 2 aromatic carbocycles. The van der Waals surface area contributed by atoms with Gasteiger partial charge in [0, 0.05) is 16.6 Å². The van der Waals surface area contributed by atoms with Crippen LogP contribution >= 0.6 is 28.1 Å². The number of thiocarbonyl (C=S) groups is 1. The molecule has 3 N–H and O–H groups in total. The summed E-state index contributed by atoms with van der Waals surface area (Å²) in [7, 11) is 0. The minimum absolute atomic E-state index is 0.180. The topological polar surface area (TPSA) is 56.7 Å². The molecule has 0 heterocycles. The van der Waals surface area contributed by atoms with Crippen molar-refractivity contribution >= 4 is 50.2 Å². The molecular formula is C14H14BrN3OS. The van der Waals surface area contributed by atoms with Crippen molar-refractivity contribution in [3.63, 3.8) is 0 Å². The van der Waals surface area contributed by atoms with Crippen LogP contribution in [0.4, 0.5) is 0 Å². The van der Waals surface area contributed by atoms with Gasteiger partial charge in [-0.2, -0.15) is 5.10 Å². The number of hydrogen-bond acceptors (Lipinski definition) is 3. The molecule has 0 aliphatic rings. The zero-order chi connectivity index (χ0) is 14.5.